The Hall–Kier alpha value is -3.21. The largest absolute Gasteiger partial charge is 0.309 e. The summed E-state index contributed by atoms with van der Waals surface area (Å²) in [5.41, 5.74) is 2.75. The van der Waals surface area contributed by atoms with E-state index in [-0.39, 0.29) is 24.7 Å². The number of nitrogens with zero attached hydrogens (tertiary/aromatic N) is 3. The van der Waals surface area contributed by atoms with E-state index in [0.717, 1.165) is 23.4 Å². The standard InChI is InChI=1S/C22H23N3O2/c1-2-16-24(19-11-7-4-8-12-19)21(26)13-14-22(27)25-17-15-20(23-25)18-9-5-3-6-10-18/h2-12H,1,13-17H2. The van der Waals surface area contributed by atoms with Crippen LogP contribution in [0.25, 0.3) is 0 Å². The number of hydrogen-bond donors (Lipinski definition) is 0. The summed E-state index contributed by atoms with van der Waals surface area (Å²) >= 11 is 0. The molecule has 2 aromatic rings. The summed E-state index contributed by atoms with van der Waals surface area (Å²) in [5.74, 6) is -0.221. The summed E-state index contributed by atoms with van der Waals surface area (Å²) in [4.78, 5) is 26.7. The molecule has 1 aliphatic heterocycles. The molecule has 0 saturated carbocycles. The van der Waals surface area contributed by atoms with E-state index in [1.165, 1.54) is 5.01 Å². The molecule has 5 heteroatoms. The number of hydrazone groups is 1. The fourth-order valence-corrected chi connectivity index (χ4v) is 3.04. The van der Waals surface area contributed by atoms with Crippen LogP contribution in [0.4, 0.5) is 5.69 Å². The highest BCUT2D eigenvalue weighted by Gasteiger charge is 2.23. The normalized spacial score (nSPS) is 13.2. The lowest BCUT2D eigenvalue weighted by Crippen LogP contribution is -2.32. The highest BCUT2D eigenvalue weighted by Crippen LogP contribution is 2.17. The average Bonchev–Trinajstić information content (AvgIpc) is 3.22. The van der Waals surface area contributed by atoms with E-state index in [4.69, 9.17) is 0 Å². The lowest BCUT2D eigenvalue weighted by molar-refractivity contribution is -0.132. The van der Waals surface area contributed by atoms with E-state index in [2.05, 4.69) is 11.7 Å². The van der Waals surface area contributed by atoms with Crippen LogP contribution in [0.2, 0.25) is 0 Å². The molecule has 1 aliphatic rings. The number of carbonyl (C=O) groups is 2. The molecular formula is C22H23N3O2. The van der Waals surface area contributed by atoms with Gasteiger partial charge in [-0.25, -0.2) is 5.01 Å². The van der Waals surface area contributed by atoms with Crippen LogP contribution in [0.15, 0.2) is 78.4 Å². The molecule has 0 aliphatic carbocycles. The van der Waals surface area contributed by atoms with Crippen molar-refractivity contribution in [2.75, 3.05) is 18.0 Å². The first-order chi connectivity index (χ1) is 13.2. The molecule has 5 nitrogen and oxygen atoms in total. The van der Waals surface area contributed by atoms with E-state index in [9.17, 15) is 9.59 Å². The maximum absolute atomic E-state index is 12.6. The van der Waals surface area contributed by atoms with Crippen LogP contribution >= 0.6 is 0 Å². The van der Waals surface area contributed by atoms with Crippen LogP contribution in [0.3, 0.4) is 0 Å². The molecular weight excluding hydrogens is 338 g/mol. The number of rotatable bonds is 7. The van der Waals surface area contributed by atoms with E-state index < -0.39 is 0 Å². The summed E-state index contributed by atoms with van der Waals surface area (Å²) in [5, 5.41) is 5.92. The lowest BCUT2D eigenvalue weighted by atomic mass is 10.1. The minimum Gasteiger partial charge on any atom is -0.309 e. The van der Waals surface area contributed by atoms with Gasteiger partial charge in [-0.15, -0.1) is 6.58 Å². The first-order valence-corrected chi connectivity index (χ1v) is 9.08. The number of carbonyl (C=O) groups excluding carboxylic acids is 2. The van der Waals surface area contributed by atoms with Gasteiger partial charge in [0, 0.05) is 31.5 Å². The van der Waals surface area contributed by atoms with E-state index in [1.54, 1.807) is 11.0 Å². The molecule has 0 unspecified atom stereocenters. The van der Waals surface area contributed by atoms with Crippen LogP contribution in [0.1, 0.15) is 24.8 Å². The van der Waals surface area contributed by atoms with Gasteiger partial charge in [0.1, 0.15) is 0 Å². The summed E-state index contributed by atoms with van der Waals surface area (Å²) in [6.45, 7) is 4.69. The van der Waals surface area contributed by atoms with Crippen LogP contribution < -0.4 is 4.90 Å². The molecule has 0 fully saturated rings. The van der Waals surface area contributed by atoms with Crippen LogP contribution in [0, 0.1) is 0 Å². The molecule has 0 spiro atoms. The Morgan fingerprint density at radius 2 is 1.70 bits per heavy atom. The highest BCUT2D eigenvalue weighted by atomic mass is 16.2. The monoisotopic (exact) mass is 361 g/mol. The zero-order valence-corrected chi connectivity index (χ0v) is 15.3. The van der Waals surface area contributed by atoms with Crippen LogP contribution in [-0.4, -0.2) is 35.6 Å². The van der Waals surface area contributed by atoms with E-state index in [0.29, 0.717) is 13.1 Å². The maximum atomic E-state index is 12.6. The summed E-state index contributed by atoms with van der Waals surface area (Å²) in [7, 11) is 0. The molecule has 0 aromatic heterocycles. The Kier molecular flexibility index (Phi) is 6.15. The summed E-state index contributed by atoms with van der Waals surface area (Å²) < 4.78 is 0. The molecule has 1 heterocycles. The Morgan fingerprint density at radius 1 is 1.04 bits per heavy atom. The van der Waals surface area contributed by atoms with Gasteiger partial charge in [-0.1, -0.05) is 54.6 Å². The molecule has 0 N–H and O–H groups in total. The van der Waals surface area contributed by atoms with Crippen molar-refractivity contribution < 1.29 is 9.59 Å². The van der Waals surface area contributed by atoms with Crippen molar-refractivity contribution in [3.8, 4) is 0 Å². The zero-order chi connectivity index (χ0) is 19.1. The number of hydrogen-bond acceptors (Lipinski definition) is 3. The third kappa shape index (κ3) is 4.70. The molecule has 2 amide bonds. The fraction of sp³-hybridized carbons (Fsp3) is 0.227. The zero-order valence-electron chi connectivity index (χ0n) is 15.3. The van der Waals surface area contributed by atoms with Crippen molar-refractivity contribution in [3.05, 3.63) is 78.9 Å². The Bertz CT molecular complexity index is 831. The SMILES string of the molecule is C=CCN(C(=O)CCC(=O)N1CCC(c2ccccc2)=N1)c1ccccc1. The minimum absolute atomic E-state index is 0.0964. The highest BCUT2D eigenvalue weighted by molar-refractivity contribution is 6.03. The predicted molar refractivity (Wildman–Crippen MR) is 108 cm³/mol. The van der Waals surface area contributed by atoms with Gasteiger partial charge in [-0.2, -0.15) is 5.10 Å². The van der Waals surface area contributed by atoms with Gasteiger partial charge in [-0.3, -0.25) is 9.59 Å². The van der Waals surface area contributed by atoms with Crippen molar-refractivity contribution >= 4 is 23.2 Å². The molecule has 3 rings (SSSR count). The van der Waals surface area contributed by atoms with Crippen molar-refractivity contribution in [3.63, 3.8) is 0 Å². The molecule has 0 saturated heterocycles. The van der Waals surface area contributed by atoms with Crippen LogP contribution in [0.5, 0.6) is 0 Å². The predicted octanol–water partition coefficient (Wildman–Crippen LogP) is 3.62. The average molecular weight is 361 g/mol. The van der Waals surface area contributed by atoms with Gasteiger partial charge in [0.15, 0.2) is 0 Å². The molecule has 0 radical (unpaired) electrons. The number of para-hydroxylation sites is 1. The van der Waals surface area contributed by atoms with E-state index >= 15 is 0 Å². The summed E-state index contributed by atoms with van der Waals surface area (Å²) in [6, 6.07) is 19.3. The number of amides is 2. The molecule has 2 aromatic carbocycles. The first-order valence-electron chi connectivity index (χ1n) is 9.08. The number of anilines is 1. The Labute approximate surface area is 159 Å². The maximum Gasteiger partial charge on any atom is 0.243 e. The van der Waals surface area contributed by atoms with Crippen molar-refractivity contribution in [2.24, 2.45) is 5.10 Å². The smallest absolute Gasteiger partial charge is 0.243 e. The second-order valence-corrected chi connectivity index (χ2v) is 6.31. The molecule has 138 valence electrons. The van der Waals surface area contributed by atoms with Gasteiger partial charge in [-0.05, 0) is 17.7 Å². The second-order valence-electron chi connectivity index (χ2n) is 6.31. The van der Waals surface area contributed by atoms with Gasteiger partial charge >= 0.3 is 0 Å². The van der Waals surface area contributed by atoms with Gasteiger partial charge in [0.05, 0.1) is 12.3 Å². The van der Waals surface area contributed by atoms with Gasteiger partial charge < -0.3 is 4.90 Å². The lowest BCUT2D eigenvalue weighted by Gasteiger charge is -2.21. The van der Waals surface area contributed by atoms with Crippen LogP contribution in [-0.2, 0) is 9.59 Å². The fourth-order valence-electron chi connectivity index (χ4n) is 3.04. The number of benzene rings is 2. The first kappa shape index (κ1) is 18.6. The van der Waals surface area contributed by atoms with Crippen molar-refractivity contribution in [1.82, 2.24) is 5.01 Å². The molecule has 27 heavy (non-hydrogen) atoms. The molecule has 0 atom stereocenters. The summed E-state index contributed by atoms with van der Waals surface area (Å²) in [6.07, 6.45) is 2.71. The van der Waals surface area contributed by atoms with Gasteiger partial charge in [0.2, 0.25) is 11.8 Å². The van der Waals surface area contributed by atoms with Crippen molar-refractivity contribution in [1.29, 1.82) is 0 Å². The third-order valence-corrected chi connectivity index (χ3v) is 4.43. The van der Waals surface area contributed by atoms with E-state index in [1.807, 2.05) is 60.7 Å². The minimum atomic E-state index is -0.124. The Morgan fingerprint density at radius 3 is 2.37 bits per heavy atom. The quantitative estimate of drug-likeness (QED) is 0.707. The Balaban J connectivity index is 1.59. The second kappa shape index (κ2) is 8.94. The van der Waals surface area contributed by atoms with Crippen molar-refractivity contribution in [2.45, 2.75) is 19.3 Å². The molecule has 0 bridgehead atoms. The topological polar surface area (TPSA) is 53.0 Å². The van der Waals surface area contributed by atoms with Gasteiger partial charge in [0.25, 0.3) is 0 Å². The third-order valence-electron chi connectivity index (χ3n) is 4.43.